The van der Waals surface area contributed by atoms with Gasteiger partial charge in [0.25, 0.3) is 0 Å². The molecule has 1 aromatic heterocycles. The summed E-state index contributed by atoms with van der Waals surface area (Å²) in [5, 5.41) is 10.2. The molecule has 7 heteroatoms. The van der Waals surface area contributed by atoms with E-state index in [1.807, 2.05) is 0 Å². The Balaban J connectivity index is 2.52. The SMILES string of the molecule is COC(=O)CCn1cnc([N+](=O)[O-])c1. The maximum Gasteiger partial charge on any atom is 0.381 e. The number of rotatable bonds is 4. The lowest BCUT2D eigenvalue weighted by Gasteiger charge is -1.98. The van der Waals surface area contributed by atoms with Crippen molar-refractivity contribution in [2.24, 2.45) is 0 Å². The predicted molar refractivity (Wildman–Crippen MR) is 45.5 cm³/mol. The van der Waals surface area contributed by atoms with Crippen LogP contribution < -0.4 is 0 Å². The van der Waals surface area contributed by atoms with Crippen molar-refractivity contribution in [2.45, 2.75) is 13.0 Å². The first-order valence-electron chi connectivity index (χ1n) is 3.86. The van der Waals surface area contributed by atoms with E-state index < -0.39 is 4.92 Å². The van der Waals surface area contributed by atoms with Crippen molar-refractivity contribution in [3.05, 3.63) is 22.6 Å². The molecule has 0 unspecified atom stereocenters. The van der Waals surface area contributed by atoms with Gasteiger partial charge < -0.3 is 19.4 Å². The lowest BCUT2D eigenvalue weighted by atomic mass is 10.4. The number of ether oxygens (including phenoxy) is 1. The molecule has 0 saturated carbocycles. The molecule has 0 bridgehead atoms. The normalized spacial score (nSPS) is 9.79. The molecule has 0 aliphatic rings. The Kier molecular flexibility index (Phi) is 3.16. The largest absolute Gasteiger partial charge is 0.469 e. The zero-order valence-electron chi connectivity index (χ0n) is 7.54. The van der Waals surface area contributed by atoms with Crippen molar-refractivity contribution in [1.29, 1.82) is 0 Å². The van der Waals surface area contributed by atoms with Gasteiger partial charge in [-0.3, -0.25) is 4.79 Å². The van der Waals surface area contributed by atoms with E-state index in [1.54, 1.807) is 0 Å². The molecule has 0 fully saturated rings. The number of carbonyl (C=O) groups is 1. The van der Waals surface area contributed by atoms with Crippen LogP contribution in [-0.4, -0.2) is 27.6 Å². The topological polar surface area (TPSA) is 87.3 Å². The van der Waals surface area contributed by atoms with Crippen LogP contribution in [0.4, 0.5) is 5.82 Å². The molecule has 1 heterocycles. The minimum absolute atomic E-state index is 0.171. The van der Waals surface area contributed by atoms with Crippen molar-refractivity contribution >= 4 is 11.8 Å². The molecule has 14 heavy (non-hydrogen) atoms. The number of nitro groups is 1. The minimum Gasteiger partial charge on any atom is -0.469 e. The van der Waals surface area contributed by atoms with E-state index in [0.717, 1.165) is 0 Å². The Morgan fingerprint density at radius 1 is 1.79 bits per heavy atom. The van der Waals surface area contributed by atoms with Crippen molar-refractivity contribution in [2.75, 3.05) is 7.11 Å². The van der Waals surface area contributed by atoms with E-state index in [2.05, 4.69) is 9.72 Å². The Morgan fingerprint density at radius 3 is 3.00 bits per heavy atom. The van der Waals surface area contributed by atoms with Gasteiger partial charge in [0, 0.05) is 6.54 Å². The number of imidazole rings is 1. The summed E-state index contributed by atoms with van der Waals surface area (Å²) in [5.41, 5.74) is 0. The van der Waals surface area contributed by atoms with Crippen LogP contribution in [0.1, 0.15) is 6.42 Å². The summed E-state index contributed by atoms with van der Waals surface area (Å²) in [6, 6.07) is 0. The average Bonchev–Trinajstić information content (AvgIpc) is 2.62. The third kappa shape index (κ3) is 2.54. The molecule has 1 aromatic rings. The Morgan fingerprint density at radius 2 is 2.50 bits per heavy atom. The molecule has 0 amide bonds. The summed E-state index contributed by atoms with van der Waals surface area (Å²) >= 11 is 0. The average molecular weight is 199 g/mol. The van der Waals surface area contributed by atoms with Crippen LogP contribution in [0.15, 0.2) is 12.5 Å². The Hall–Kier alpha value is -1.92. The maximum atomic E-state index is 10.7. The molecule has 0 atom stereocenters. The van der Waals surface area contributed by atoms with Gasteiger partial charge in [-0.05, 0) is 9.91 Å². The molecule has 0 aromatic carbocycles. The Labute approximate surface area is 79.5 Å². The number of hydrogen-bond donors (Lipinski definition) is 0. The molecular weight excluding hydrogens is 190 g/mol. The molecule has 0 aliphatic heterocycles. The minimum atomic E-state index is -0.589. The molecule has 76 valence electrons. The Bertz CT molecular complexity index is 346. The van der Waals surface area contributed by atoms with Crippen LogP contribution >= 0.6 is 0 Å². The highest BCUT2D eigenvalue weighted by atomic mass is 16.6. The fourth-order valence-electron chi connectivity index (χ4n) is 0.887. The van der Waals surface area contributed by atoms with Crippen LogP contribution in [-0.2, 0) is 16.1 Å². The van der Waals surface area contributed by atoms with Gasteiger partial charge in [-0.1, -0.05) is 0 Å². The van der Waals surface area contributed by atoms with Crippen LogP contribution in [0.3, 0.4) is 0 Å². The monoisotopic (exact) mass is 199 g/mol. The summed E-state index contributed by atoms with van der Waals surface area (Å²) in [6.07, 6.45) is 2.74. The lowest BCUT2D eigenvalue weighted by molar-refractivity contribution is -0.389. The summed E-state index contributed by atoms with van der Waals surface area (Å²) in [4.78, 5) is 23.9. The van der Waals surface area contributed by atoms with Crippen LogP contribution in [0, 0.1) is 10.1 Å². The van der Waals surface area contributed by atoms with Gasteiger partial charge in [0.05, 0.1) is 13.5 Å². The standard InChI is InChI=1S/C7H9N3O4/c1-14-7(11)2-3-9-4-6(8-5-9)10(12)13/h4-5H,2-3H2,1H3. The van der Waals surface area contributed by atoms with Gasteiger partial charge in [-0.2, -0.15) is 0 Å². The van der Waals surface area contributed by atoms with Crippen molar-refractivity contribution < 1.29 is 14.5 Å². The first kappa shape index (κ1) is 10.2. The number of methoxy groups -OCH3 is 1. The van der Waals surface area contributed by atoms with E-state index in [0.29, 0.717) is 6.54 Å². The highest BCUT2D eigenvalue weighted by Gasteiger charge is 2.10. The fraction of sp³-hybridized carbons (Fsp3) is 0.429. The number of aryl methyl sites for hydroxylation is 1. The second-order valence-electron chi connectivity index (χ2n) is 2.55. The third-order valence-corrected chi connectivity index (χ3v) is 1.61. The second-order valence-corrected chi connectivity index (χ2v) is 2.55. The highest BCUT2D eigenvalue weighted by Crippen LogP contribution is 2.06. The van der Waals surface area contributed by atoms with Gasteiger partial charge in [0.15, 0.2) is 0 Å². The van der Waals surface area contributed by atoms with Crippen LogP contribution in [0.5, 0.6) is 0 Å². The third-order valence-electron chi connectivity index (χ3n) is 1.61. The number of nitrogens with zero attached hydrogens (tertiary/aromatic N) is 3. The smallest absolute Gasteiger partial charge is 0.381 e. The first-order valence-corrected chi connectivity index (χ1v) is 3.86. The van der Waals surface area contributed by atoms with Crippen molar-refractivity contribution in [3.8, 4) is 0 Å². The molecular formula is C7H9N3O4. The molecule has 0 aliphatic carbocycles. The van der Waals surface area contributed by atoms with Gasteiger partial charge in [0.2, 0.25) is 6.33 Å². The van der Waals surface area contributed by atoms with Crippen molar-refractivity contribution in [3.63, 3.8) is 0 Å². The molecule has 7 nitrogen and oxygen atoms in total. The van der Waals surface area contributed by atoms with E-state index in [9.17, 15) is 14.9 Å². The van der Waals surface area contributed by atoms with Crippen LogP contribution in [0.2, 0.25) is 0 Å². The van der Waals surface area contributed by atoms with E-state index in [4.69, 9.17) is 0 Å². The lowest BCUT2D eigenvalue weighted by Crippen LogP contribution is -2.05. The molecule has 1 rings (SSSR count). The van der Waals surface area contributed by atoms with E-state index in [1.165, 1.54) is 24.2 Å². The quantitative estimate of drug-likeness (QED) is 0.396. The predicted octanol–water partition coefficient (Wildman–Crippen LogP) is 0.354. The van der Waals surface area contributed by atoms with Gasteiger partial charge >= 0.3 is 11.8 Å². The molecule has 0 N–H and O–H groups in total. The second kappa shape index (κ2) is 4.35. The summed E-state index contributed by atoms with van der Waals surface area (Å²) in [7, 11) is 1.29. The number of esters is 1. The number of carbonyl (C=O) groups excluding carboxylic acids is 1. The zero-order valence-corrected chi connectivity index (χ0v) is 7.54. The van der Waals surface area contributed by atoms with Crippen LogP contribution in [0.25, 0.3) is 0 Å². The fourth-order valence-corrected chi connectivity index (χ4v) is 0.887. The van der Waals surface area contributed by atoms with Gasteiger partial charge in [-0.25, -0.2) is 0 Å². The molecule has 0 radical (unpaired) electrons. The highest BCUT2D eigenvalue weighted by molar-refractivity contribution is 5.68. The first-order chi connectivity index (χ1) is 6.63. The zero-order chi connectivity index (χ0) is 10.6. The van der Waals surface area contributed by atoms with Crippen molar-refractivity contribution in [1.82, 2.24) is 9.55 Å². The summed E-state index contributed by atoms with van der Waals surface area (Å²) in [6.45, 7) is 0.327. The number of hydrogen-bond acceptors (Lipinski definition) is 5. The molecule has 0 spiro atoms. The maximum absolute atomic E-state index is 10.7. The number of aromatic nitrogens is 2. The van der Waals surface area contributed by atoms with Gasteiger partial charge in [0.1, 0.15) is 6.20 Å². The molecule has 0 saturated heterocycles. The van der Waals surface area contributed by atoms with E-state index in [-0.39, 0.29) is 18.2 Å². The summed E-state index contributed by atoms with van der Waals surface area (Å²) in [5.74, 6) is -0.587. The summed E-state index contributed by atoms with van der Waals surface area (Å²) < 4.78 is 5.89. The van der Waals surface area contributed by atoms with E-state index >= 15 is 0 Å². The van der Waals surface area contributed by atoms with Gasteiger partial charge in [-0.15, -0.1) is 0 Å².